The van der Waals surface area contributed by atoms with Crippen molar-refractivity contribution in [3.63, 3.8) is 0 Å². The smallest absolute Gasteiger partial charge is 0.347 e. The molecule has 0 aromatic heterocycles. The summed E-state index contributed by atoms with van der Waals surface area (Å²) in [5.41, 5.74) is 0. The van der Waals surface area contributed by atoms with Crippen LogP contribution in [0.5, 0.6) is 0 Å². The summed E-state index contributed by atoms with van der Waals surface area (Å²) in [5.74, 6) is -1.99. The van der Waals surface area contributed by atoms with E-state index >= 15 is 0 Å². The molecule has 0 saturated heterocycles. The summed E-state index contributed by atoms with van der Waals surface area (Å²) in [5, 5.41) is 0. The molecule has 6 heteroatoms. The molecular formula is C9H14O6. The fraction of sp³-hybridized carbons (Fsp3) is 0.667. The molecule has 1 unspecified atom stereocenters. The second-order valence-electron chi connectivity index (χ2n) is 2.64. The third kappa shape index (κ3) is 4.99. The molecule has 0 aliphatic heterocycles. The second-order valence-corrected chi connectivity index (χ2v) is 2.64. The lowest BCUT2D eigenvalue weighted by atomic mass is 10.2. The van der Waals surface area contributed by atoms with Gasteiger partial charge < -0.3 is 14.2 Å². The third-order valence-electron chi connectivity index (χ3n) is 1.61. The van der Waals surface area contributed by atoms with Crippen LogP contribution in [0.15, 0.2) is 0 Å². The van der Waals surface area contributed by atoms with Crippen LogP contribution in [0, 0.1) is 0 Å². The van der Waals surface area contributed by atoms with Crippen LogP contribution in [-0.2, 0) is 28.6 Å². The zero-order valence-electron chi connectivity index (χ0n) is 8.94. The SMILES string of the molecule is CCC(=O)OC(CC(=O)OC)C(=O)OC. The minimum absolute atomic E-state index is 0.120. The Kier molecular flexibility index (Phi) is 6.08. The minimum atomic E-state index is -1.23. The molecule has 0 fully saturated rings. The van der Waals surface area contributed by atoms with Gasteiger partial charge >= 0.3 is 17.9 Å². The number of esters is 3. The molecule has 0 saturated carbocycles. The molecule has 6 nitrogen and oxygen atoms in total. The van der Waals surface area contributed by atoms with Gasteiger partial charge in [-0.15, -0.1) is 0 Å². The van der Waals surface area contributed by atoms with Gasteiger partial charge in [-0.2, -0.15) is 0 Å². The van der Waals surface area contributed by atoms with Gasteiger partial charge in [-0.3, -0.25) is 9.59 Å². The summed E-state index contributed by atoms with van der Waals surface area (Å²) in [7, 11) is 2.32. The predicted octanol–water partition coefficient (Wildman–Crippen LogP) is 0.0443. The van der Waals surface area contributed by atoms with Crippen LogP contribution in [0.4, 0.5) is 0 Å². The van der Waals surface area contributed by atoms with E-state index < -0.39 is 24.0 Å². The number of ether oxygens (including phenoxy) is 3. The predicted molar refractivity (Wildman–Crippen MR) is 48.8 cm³/mol. The Morgan fingerprint density at radius 1 is 1.07 bits per heavy atom. The fourth-order valence-electron chi connectivity index (χ4n) is 0.781. The zero-order valence-corrected chi connectivity index (χ0v) is 8.94. The van der Waals surface area contributed by atoms with Crippen molar-refractivity contribution in [2.45, 2.75) is 25.9 Å². The first-order valence-corrected chi connectivity index (χ1v) is 4.39. The largest absolute Gasteiger partial charge is 0.469 e. The van der Waals surface area contributed by atoms with Crippen molar-refractivity contribution in [3.8, 4) is 0 Å². The van der Waals surface area contributed by atoms with Gasteiger partial charge in [-0.05, 0) is 0 Å². The van der Waals surface area contributed by atoms with Crippen LogP contribution >= 0.6 is 0 Å². The number of rotatable bonds is 5. The molecule has 0 spiro atoms. The topological polar surface area (TPSA) is 78.9 Å². The molecule has 0 aliphatic carbocycles. The molecule has 0 radical (unpaired) electrons. The van der Waals surface area contributed by atoms with Crippen LogP contribution in [0.25, 0.3) is 0 Å². The minimum Gasteiger partial charge on any atom is -0.469 e. The van der Waals surface area contributed by atoms with E-state index in [1.54, 1.807) is 6.92 Å². The van der Waals surface area contributed by atoms with Gasteiger partial charge in [0.15, 0.2) is 0 Å². The number of carbonyl (C=O) groups is 3. The molecule has 0 aromatic carbocycles. The van der Waals surface area contributed by atoms with Crippen LogP contribution in [-0.4, -0.2) is 38.2 Å². The van der Waals surface area contributed by atoms with E-state index in [2.05, 4.69) is 9.47 Å². The Balaban J connectivity index is 4.37. The molecule has 0 rings (SSSR count). The Morgan fingerprint density at radius 3 is 2.07 bits per heavy atom. The van der Waals surface area contributed by atoms with Crippen LogP contribution in [0.3, 0.4) is 0 Å². The second kappa shape index (κ2) is 6.80. The first kappa shape index (κ1) is 13.4. The standard InChI is InChI=1S/C9H14O6/c1-4-7(10)15-6(9(12)14-3)5-8(11)13-2/h6H,4-5H2,1-3H3. The van der Waals surface area contributed by atoms with E-state index in [4.69, 9.17) is 4.74 Å². The van der Waals surface area contributed by atoms with Gasteiger partial charge in [0, 0.05) is 6.42 Å². The highest BCUT2D eigenvalue weighted by Gasteiger charge is 2.26. The highest BCUT2D eigenvalue weighted by molar-refractivity contribution is 5.84. The molecular weight excluding hydrogens is 204 g/mol. The van der Waals surface area contributed by atoms with E-state index in [0.717, 1.165) is 7.11 Å². The van der Waals surface area contributed by atoms with E-state index in [9.17, 15) is 14.4 Å². The molecule has 15 heavy (non-hydrogen) atoms. The summed E-state index contributed by atoms with van der Waals surface area (Å²) in [4.78, 5) is 32.9. The highest BCUT2D eigenvalue weighted by Crippen LogP contribution is 2.04. The maximum Gasteiger partial charge on any atom is 0.347 e. The average molecular weight is 218 g/mol. The molecule has 86 valence electrons. The normalized spacial score (nSPS) is 11.4. The average Bonchev–Trinajstić information content (AvgIpc) is 2.26. The quantitative estimate of drug-likeness (QED) is 0.479. The summed E-state index contributed by atoms with van der Waals surface area (Å²) < 4.78 is 13.4. The van der Waals surface area contributed by atoms with Gasteiger partial charge in [-0.25, -0.2) is 4.79 Å². The molecule has 0 bridgehead atoms. The van der Waals surface area contributed by atoms with Crippen molar-refractivity contribution in [2.75, 3.05) is 14.2 Å². The Labute approximate surface area is 87.5 Å². The van der Waals surface area contributed by atoms with Crippen molar-refractivity contribution < 1.29 is 28.6 Å². The fourth-order valence-corrected chi connectivity index (χ4v) is 0.781. The van der Waals surface area contributed by atoms with Crippen LogP contribution in [0.2, 0.25) is 0 Å². The number of carbonyl (C=O) groups excluding carboxylic acids is 3. The Morgan fingerprint density at radius 2 is 1.67 bits per heavy atom. The first-order chi connectivity index (χ1) is 7.04. The lowest BCUT2D eigenvalue weighted by Crippen LogP contribution is -2.31. The molecule has 0 heterocycles. The van der Waals surface area contributed by atoms with Gasteiger partial charge in [0.1, 0.15) is 0 Å². The van der Waals surface area contributed by atoms with Crippen molar-refractivity contribution in [3.05, 3.63) is 0 Å². The van der Waals surface area contributed by atoms with Crippen LogP contribution in [0.1, 0.15) is 19.8 Å². The molecule has 0 N–H and O–H groups in total. The molecule has 0 aliphatic rings. The van der Waals surface area contributed by atoms with E-state index in [0.29, 0.717) is 0 Å². The molecule has 0 aromatic rings. The van der Waals surface area contributed by atoms with E-state index in [-0.39, 0.29) is 12.8 Å². The summed E-state index contributed by atoms with van der Waals surface area (Å²) in [6.45, 7) is 1.58. The maximum absolute atomic E-state index is 11.1. The van der Waals surface area contributed by atoms with E-state index in [1.807, 2.05) is 0 Å². The van der Waals surface area contributed by atoms with Crippen molar-refractivity contribution >= 4 is 17.9 Å². The number of hydrogen-bond acceptors (Lipinski definition) is 6. The summed E-state index contributed by atoms with van der Waals surface area (Å²) in [6.07, 6.45) is -1.45. The number of hydrogen-bond donors (Lipinski definition) is 0. The maximum atomic E-state index is 11.1. The molecule has 1 atom stereocenters. The highest BCUT2D eigenvalue weighted by atomic mass is 16.6. The lowest BCUT2D eigenvalue weighted by Gasteiger charge is -2.13. The third-order valence-corrected chi connectivity index (χ3v) is 1.61. The van der Waals surface area contributed by atoms with Gasteiger partial charge in [-0.1, -0.05) is 6.92 Å². The van der Waals surface area contributed by atoms with Crippen molar-refractivity contribution in [1.82, 2.24) is 0 Å². The summed E-state index contributed by atoms with van der Waals surface area (Å²) >= 11 is 0. The van der Waals surface area contributed by atoms with Gasteiger partial charge in [0.25, 0.3) is 0 Å². The van der Waals surface area contributed by atoms with Crippen molar-refractivity contribution in [2.24, 2.45) is 0 Å². The van der Waals surface area contributed by atoms with Crippen molar-refractivity contribution in [1.29, 1.82) is 0 Å². The lowest BCUT2D eigenvalue weighted by molar-refractivity contribution is -0.169. The Hall–Kier alpha value is -1.59. The molecule has 0 amide bonds. The summed E-state index contributed by atoms with van der Waals surface area (Å²) in [6, 6.07) is 0. The van der Waals surface area contributed by atoms with E-state index in [1.165, 1.54) is 7.11 Å². The Bertz CT molecular complexity index is 229. The van der Waals surface area contributed by atoms with Gasteiger partial charge in [0.2, 0.25) is 6.10 Å². The zero-order chi connectivity index (χ0) is 11.8. The van der Waals surface area contributed by atoms with Crippen LogP contribution < -0.4 is 0 Å². The monoisotopic (exact) mass is 218 g/mol. The first-order valence-electron chi connectivity index (χ1n) is 4.39. The van der Waals surface area contributed by atoms with Gasteiger partial charge in [0.05, 0.1) is 20.6 Å². The number of methoxy groups -OCH3 is 2.